The van der Waals surface area contributed by atoms with Crippen LogP contribution >= 0.6 is 11.3 Å². The molecule has 10 heteroatoms. The standard InChI is InChI=1S/C22H22N6O3S/c1-3-4-11-22(14-8-6-5-7-9-14)19(30)27(21(31)23-22)13-16-24-25-20-26(2)18(29)17-15(28(16)20)10-12-32-17/h5-10,12H,3-4,11,13H2,1-2H3,(H,23,31). The number of carbonyl (C=O) groups excluding carboxylic acids is 2. The van der Waals surface area contributed by atoms with Crippen molar-refractivity contribution < 1.29 is 9.59 Å². The lowest BCUT2D eigenvalue weighted by Crippen LogP contribution is -2.44. The molecule has 1 unspecified atom stereocenters. The summed E-state index contributed by atoms with van der Waals surface area (Å²) in [6.07, 6.45) is 2.20. The molecule has 164 valence electrons. The van der Waals surface area contributed by atoms with Crippen LogP contribution in [-0.2, 0) is 23.9 Å². The minimum atomic E-state index is -1.10. The maximum Gasteiger partial charge on any atom is 0.325 e. The third-order valence-corrected chi connectivity index (χ3v) is 6.94. The van der Waals surface area contributed by atoms with Crippen LogP contribution in [0.2, 0.25) is 0 Å². The molecule has 1 fully saturated rings. The molecule has 1 aliphatic rings. The van der Waals surface area contributed by atoms with Gasteiger partial charge in [-0.1, -0.05) is 50.1 Å². The van der Waals surface area contributed by atoms with Crippen molar-refractivity contribution in [2.24, 2.45) is 7.05 Å². The molecule has 1 saturated heterocycles. The van der Waals surface area contributed by atoms with Crippen LogP contribution in [0.15, 0.2) is 46.6 Å². The molecular formula is C22H22N6O3S. The number of nitrogens with zero attached hydrogens (tertiary/aromatic N) is 5. The van der Waals surface area contributed by atoms with Crippen molar-refractivity contribution in [2.75, 3.05) is 0 Å². The summed E-state index contributed by atoms with van der Waals surface area (Å²) >= 11 is 1.34. The predicted octanol–water partition coefficient (Wildman–Crippen LogP) is 2.78. The maximum absolute atomic E-state index is 13.7. The Morgan fingerprint density at radius 3 is 2.62 bits per heavy atom. The van der Waals surface area contributed by atoms with Gasteiger partial charge in [-0.15, -0.1) is 21.5 Å². The highest BCUT2D eigenvalue weighted by Crippen LogP contribution is 2.35. The molecule has 5 rings (SSSR count). The number of aromatic nitrogens is 4. The molecule has 1 aliphatic heterocycles. The fourth-order valence-electron chi connectivity index (χ4n) is 4.34. The van der Waals surface area contributed by atoms with Gasteiger partial charge in [-0.2, -0.15) is 0 Å². The third kappa shape index (κ3) is 2.86. The van der Waals surface area contributed by atoms with Crippen LogP contribution in [0.25, 0.3) is 16.0 Å². The summed E-state index contributed by atoms with van der Waals surface area (Å²) in [6.45, 7) is 2.01. The fourth-order valence-corrected chi connectivity index (χ4v) is 5.19. The van der Waals surface area contributed by atoms with Crippen molar-refractivity contribution in [2.45, 2.75) is 38.3 Å². The van der Waals surface area contributed by atoms with Gasteiger partial charge >= 0.3 is 6.03 Å². The Hall–Kier alpha value is -3.53. The smallest absolute Gasteiger partial charge is 0.319 e. The number of nitrogens with one attached hydrogen (secondary N) is 1. The van der Waals surface area contributed by atoms with Gasteiger partial charge in [0.15, 0.2) is 5.82 Å². The first-order valence-corrected chi connectivity index (χ1v) is 11.4. The van der Waals surface area contributed by atoms with Crippen molar-refractivity contribution in [3.05, 3.63) is 63.5 Å². The van der Waals surface area contributed by atoms with E-state index in [2.05, 4.69) is 22.4 Å². The Morgan fingerprint density at radius 1 is 1.09 bits per heavy atom. The van der Waals surface area contributed by atoms with E-state index in [1.165, 1.54) is 20.8 Å². The molecule has 32 heavy (non-hydrogen) atoms. The average Bonchev–Trinajstić information content (AvgIpc) is 3.50. The molecule has 4 aromatic rings. The Labute approximate surface area is 187 Å². The monoisotopic (exact) mass is 450 g/mol. The van der Waals surface area contributed by atoms with Gasteiger partial charge in [0.1, 0.15) is 10.2 Å². The molecule has 0 bridgehead atoms. The van der Waals surface area contributed by atoms with Gasteiger partial charge in [-0.3, -0.25) is 23.5 Å². The van der Waals surface area contributed by atoms with Crippen LogP contribution < -0.4 is 10.9 Å². The molecule has 1 aromatic carbocycles. The van der Waals surface area contributed by atoms with Crippen molar-refractivity contribution >= 4 is 39.3 Å². The van der Waals surface area contributed by atoms with E-state index in [0.717, 1.165) is 18.4 Å². The van der Waals surface area contributed by atoms with Crippen molar-refractivity contribution in [1.82, 2.24) is 29.4 Å². The van der Waals surface area contributed by atoms with Crippen LogP contribution in [0.5, 0.6) is 0 Å². The number of carbonyl (C=O) groups is 2. The van der Waals surface area contributed by atoms with Crippen LogP contribution in [0, 0.1) is 0 Å². The van der Waals surface area contributed by atoms with E-state index in [-0.39, 0.29) is 18.0 Å². The number of imide groups is 1. The number of hydrogen-bond donors (Lipinski definition) is 1. The van der Waals surface area contributed by atoms with E-state index in [4.69, 9.17) is 0 Å². The minimum Gasteiger partial charge on any atom is -0.319 e. The lowest BCUT2D eigenvalue weighted by atomic mass is 9.85. The number of benzene rings is 1. The fraction of sp³-hybridized carbons (Fsp3) is 0.318. The van der Waals surface area contributed by atoms with E-state index in [0.29, 0.717) is 28.2 Å². The molecule has 3 aromatic heterocycles. The zero-order valence-corrected chi connectivity index (χ0v) is 18.6. The van der Waals surface area contributed by atoms with Crippen LogP contribution in [0.1, 0.15) is 37.6 Å². The zero-order chi connectivity index (χ0) is 22.5. The molecule has 1 N–H and O–H groups in total. The summed E-state index contributed by atoms with van der Waals surface area (Å²) in [5, 5.41) is 13.2. The quantitative estimate of drug-likeness (QED) is 0.455. The normalized spacial score (nSPS) is 18.8. The number of fused-ring (bicyclic) bond motifs is 3. The number of amides is 3. The van der Waals surface area contributed by atoms with E-state index < -0.39 is 11.6 Å². The Balaban J connectivity index is 1.58. The molecule has 3 amide bonds. The molecule has 0 saturated carbocycles. The van der Waals surface area contributed by atoms with Crippen molar-refractivity contribution in [1.29, 1.82) is 0 Å². The third-order valence-electron chi connectivity index (χ3n) is 6.04. The number of unbranched alkanes of at least 4 members (excludes halogenated alkanes) is 1. The Bertz CT molecular complexity index is 1410. The maximum atomic E-state index is 13.7. The first kappa shape index (κ1) is 20.4. The highest BCUT2D eigenvalue weighted by molar-refractivity contribution is 7.17. The zero-order valence-electron chi connectivity index (χ0n) is 17.7. The van der Waals surface area contributed by atoms with Gasteiger partial charge in [-0.05, 0) is 23.4 Å². The lowest BCUT2D eigenvalue weighted by molar-refractivity contribution is -0.132. The Kier molecular flexibility index (Phi) is 4.81. The van der Waals surface area contributed by atoms with E-state index in [1.54, 1.807) is 11.4 Å². The van der Waals surface area contributed by atoms with Gasteiger partial charge < -0.3 is 5.32 Å². The van der Waals surface area contributed by atoms with Crippen LogP contribution in [-0.4, -0.2) is 36.0 Å². The molecule has 0 aliphatic carbocycles. The largest absolute Gasteiger partial charge is 0.325 e. The SMILES string of the molecule is CCCCC1(c2ccccc2)NC(=O)N(Cc2nnc3n(C)c(=O)c4sccc4n23)C1=O. The van der Waals surface area contributed by atoms with Crippen molar-refractivity contribution in [3.8, 4) is 0 Å². The van der Waals surface area contributed by atoms with E-state index >= 15 is 0 Å². The predicted molar refractivity (Wildman–Crippen MR) is 120 cm³/mol. The first-order chi connectivity index (χ1) is 15.5. The highest BCUT2D eigenvalue weighted by Gasteiger charge is 2.52. The summed E-state index contributed by atoms with van der Waals surface area (Å²) in [6, 6.07) is 10.7. The molecular weight excluding hydrogens is 428 g/mol. The van der Waals surface area contributed by atoms with Gasteiger partial charge in [0.05, 0.1) is 12.1 Å². The van der Waals surface area contributed by atoms with Gasteiger partial charge in [-0.25, -0.2) is 4.79 Å². The Morgan fingerprint density at radius 2 is 1.88 bits per heavy atom. The van der Waals surface area contributed by atoms with Crippen molar-refractivity contribution in [3.63, 3.8) is 0 Å². The van der Waals surface area contributed by atoms with E-state index in [9.17, 15) is 14.4 Å². The first-order valence-electron chi connectivity index (χ1n) is 10.5. The second kappa shape index (κ2) is 7.56. The van der Waals surface area contributed by atoms with E-state index in [1.807, 2.05) is 41.8 Å². The molecule has 0 radical (unpaired) electrons. The second-order valence-electron chi connectivity index (χ2n) is 7.95. The number of rotatable bonds is 6. The number of aryl methyl sites for hydroxylation is 1. The molecule has 0 spiro atoms. The highest BCUT2D eigenvalue weighted by atomic mass is 32.1. The number of thiophene rings is 1. The lowest BCUT2D eigenvalue weighted by Gasteiger charge is -2.27. The molecule has 4 heterocycles. The second-order valence-corrected chi connectivity index (χ2v) is 8.86. The number of hydrogen-bond acceptors (Lipinski definition) is 6. The summed E-state index contributed by atoms with van der Waals surface area (Å²) < 4.78 is 3.74. The van der Waals surface area contributed by atoms with Gasteiger partial charge in [0.2, 0.25) is 5.78 Å². The number of urea groups is 1. The minimum absolute atomic E-state index is 0.0459. The summed E-state index contributed by atoms with van der Waals surface area (Å²) in [5.74, 6) is 0.482. The summed E-state index contributed by atoms with van der Waals surface area (Å²) in [7, 11) is 1.63. The van der Waals surface area contributed by atoms with Crippen LogP contribution in [0.4, 0.5) is 4.79 Å². The van der Waals surface area contributed by atoms with Gasteiger partial charge in [0, 0.05) is 7.05 Å². The molecule has 9 nitrogen and oxygen atoms in total. The van der Waals surface area contributed by atoms with Gasteiger partial charge in [0.25, 0.3) is 11.5 Å². The average molecular weight is 451 g/mol. The molecule has 1 atom stereocenters. The summed E-state index contributed by atoms with van der Waals surface area (Å²) in [5.41, 5.74) is 0.182. The summed E-state index contributed by atoms with van der Waals surface area (Å²) in [4.78, 5) is 40.5. The van der Waals surface area contributed by atoms with Crippen LogP contribution in [0.3, 0.4) is 0 Å². The topological polar surface area (TPSA) is 102 Å².